The van der Waals surface area contributed by atoms with Crippen molar-refractivity contribution in [2.45, 2.75) is 73.1 Å². The largest absolute Gasteiger partial charge is 0.310 e. The van der Waals surface area contributed by atoms with Gasteiger partial charge in [0.05, 0.1) is 0 Å². The van der Waals surface area contributed by atoms with E-state index in [-0.39, 0.29) is 0 Å². The molecular weight excluding hydrogens is 242 g/mol. The van der Waals surface area contributed by atoms with Crippen LogP contribution in [0.1, 0.15) is 73.1 Å². The van der Waals surface area contributed by atoms with Crippen molar-refractivity contribution in [2.75, 3.05) is 0 Å². The Kier molecular flexibility index (Phi) is 10.4. The molecule has 3 unspecified atom stereocenters. The summed E-state index contributed by atoms with van der Waals surface area (Å²) >= 11 is 0. The van der Waals surface area contributed by atoms with Crippen molar-refractivity contribution in [2.24, 2.45) is 17.8 Å². The van der Waals surface area contributed by atoms with Gasteiger partial charge in [-0.25, -0.2) is 0 Å². The Morgan fingerprint density at radius 3 is 2.30 bits per heavy atom. The van der Waals surface area contributed by atoms with E-state index < -0.39 is 0 Å². The van der Waals surface area contributed by atoms with E-state index in [0.717, 1.165) is 30.4 Å². The summed E-state index contributed by atoms with van der Waals surface area (Å²) in [5.74, 6) is 1.87. The first-order chi connectivity index (χ1) is 9.40. The van der Waals surface area contributed by atoms with Crippen LogP contribution in [0.2, 0.25) is 0 Å². The summed E-state index contributed by atoms with van der Waals surface area (Å²) in [6, 6.07) is 0. The van der Waals surface area contributed by atoms with Gasteiger partial charge in [-0.1, -0.05) is 51.8 Å². The van der Waals surface area contributed by atoms with Crippen LogP contribution in [0.15, 0.2) is 24.3 Å². The summed E-state index contributed by atoms with van der Waals surface area (Å²) in [7, 11) is 0. The van der Waals surface area contributed by atoms with Crippen molar-refractivity contribution in [1.29, 1.82) is 5.41 Å². The summed E-state index contributed by atoms with van der Waals surface area (Å²) in [5, 5.41) is 7.79. The minimum atomic E-state index is 0.383. The van der Waals surface area contributed by atoms with Crippen LogP contribution in [0, 0.1) is 23.2 Å². The summed E-state index contributed by atoms with van der Waals surface area (Å²) in [4.78, 5) is 0. The highest BCUT2D eigenvalue weighted by Gasteiger charge is 2.11. The summed E-state index contributed by atoms with van der Waals surface area (Å²) in [6.07, 6.45) is 11.5. The first kappa shape index (κ1) is 19.1. The summed E-state index contributed by atoms with van der Waals surface area (Å²) in [6.45, 7) is 14.8. The molecule has 0 heterocycles. The Balaban J connectivity index is 4.56. The van der Waals surface area contributed by atoms with Crippen LogP contribution in [0.3, 0.4) is 0 Å². The van der Waals surface area contributed by atoms with Crippen molar-refractivity contribution in [3.8, 4) is 0 Å². The van der Waals surface area contributed by atoms with Crippen LogP contribution in [0.5, 0.6) is 0 Å². The highest BCUT2D eigenvalue weighted by atomic mass is 14.4. The van der Waals surface area contributed by atoms with Crippen molar-refractivity contribution >= 4 is 5.71 Å². The zero-order valence-electron chi connectivity index (χ0n) is 14.3. The molecule has 20 heavy (non-hydrogen) atoms. The lowest BCUT2D eigenvalue weighted by Gasteiger charge is -2.18. The zero-order valence-corrected chi connectivity index (χ0v) is 14.3. The molecule has 0 aromatic carbocycles. The molecule has 0 aliphatic rings. The van der Waals surface area contributed by atoms with E-state index in [4.69, 9.17) is 5.41 Å². The predicted octanol–water partition coefficient (Wildman–Crippen LogP) is 6.41. The van der Waals surface area contributed by atoms with Crippen LogP contribution in [0.4, 0.5) is 0 Å². The lowest BCUT2D eigenvalue weighted by molar-refractivity contribution is 0.520. The smallest absolute Gasteiger partial charge is 0.00895 e. The van der Waals surface area contributed by atoms with Gasteiger partial charge in [0.1, 0.15) is 0 Å². The Morgan fingerprint density at radius 2 is 1.80 bits per heavy atom. The van der Waals surface area contributed by atoms with Crippen molar-refractivity contribution in [3.63, 3.8) is 0 Å². The molecule has 0 aliphatic heterocycles. The number of hydrogen-bond donors (Lipinski definition) is 1. The molecule has 116 valence electrons. The third-order valence-electron chi connectivity index (χ3n) is 4.29. The van der Waals surface area contributed by atoms with Gasteiger partial charge < -0.3 is 5.41 Å². The van der Waals surface area contributed by atoms with Gasteiger partial charge >= 0.3 is 0 Å². The van der Waals surface area contributed by atoms with Crippen LogP contribution >= 0.6 is 0 Å². The molecule has 0 spiro atoms. The van der Waals surface area contributed by atoms with Crippen LogP contribution in [-0.4, -0.2) is 5.71 Å². The molecule has 0 aromatic rings. The molecule has 0 saturated heterocycles. The molecule has 0 radical (unpaired) electrons. The number of rotatable bonds is 11. The van der Waals surface area contributed by atoms with Gasteiger partial charge in [-0.15, -0.1) is 6.58 Å². The van der Waals surface area contributed by atoms with E-state index in [1.807, 2.05) is 13.0 Å². The first-order valence-electron chi connectivity index (χ1n) is 8.24. The second kappa shape index (κ2) is 10.9. The number of nitrogens with one attached hydrogen (secondary N) is 1. The lowest BCUT2D eigenvalue weighted by Crippen LogP contribution is -2.08. The van der Waals surface area contributed by atoms with E-state index in [0.29, 0.717) is 5.92 Å². The molecule has 1 nitrogen and oxygen atoms in total. The van der Waals surface area contributed by atoms with Gasteiger partial charge in [0, 0.05) is 5.71 Å². The quantitative estimate of drug-likeness (QED) is 0.333. The monoisotopic (exact) mass is 277 g/mol. The van der Waals surface area contributed by atoms with E-state index in [2.05, 4.69) is 40.3 Å². The molecule has 0 amide bonds. The predicted molar refractivity (Wildman–Crippen MR) is 92.5 cm³/mol. The Hall–Kier alpha value is -0.850. The number of hydrogen-bond acceptors (Lipinski definition) is 1. The molecule has 1 N–H and O–H groups in total. The number of allylic oxidation sites excluding steroid dienone is 3. The van der Waals surface area contributed by atoms with Crippen molar-refractivity contribution < 1.29 is 0 Å². The highest BCUT2D eigenvalue weighted by Crippen LogP contribution is 2.24. The molecule has 3 atom stereocenters. The zero-order chi connectivity index (χ0) is 15.5. The van der Waals surface area contributed by atoms with Crippen LogP contribution < -0.4 is 0 Å². The minimum Gasteiger partial charge on any atom is -0.310 e. The van der Waals surface area contributed by atoms with Crippen molar-refractivity contribution in [1.82, 2.24) is 0 Å². The van der Waals surface area contributed by atoms with E-state index in [9.17, 15) is 0 Å². The van der Waals surface area contributed by atoms with E-state index in [1.165, 1.54) is 25.7 Å². The maximum atomic E-state index is 7.79. The first-order valence-corrected chi connectivity index (χ1v) is 8.24. The van der Waals surface area contributed by atoms with Gasteiger partial charge in [-0.05, 0) is 56.8 Å². The second-order valence-corrected chi connectivity index (χ2v) is 6.58. The topological polar surface area (TPSA) is 23.9 Å². The summed E-state index contributed by atoms with van der Waals surface area (Å²) < 4.78 is 0. The van der Waals surface area contributed by atoms with Gasteiger partial charge in [0.25, 0.3) is 0 Å². The fourth-order valence-electron chi connectivity index (χ4n) is 2.28. The third-order valence-corrected chi connectivity index (χ3v) is 4.29. The molecular formula is C19H35N. The van der Waals surface area contributed by atoms with Crippen LogP contribution in [-0.2, 0) is 0 Å². The van der Waals surface area contributed by atoms with Gasteiger partial charge in [0.2, 0.25) is 0 Å². The average molecular weight is 277 g/mol. The SMILES string of the molecule is C=CCCC(C)CC=C(CC(C)CC)CC(C)C(C)=N. The molecule has 0 rings (SSSR count). The second-order valence-electron chi connectivity index (χ2n) is 6.58. The molecule has 0 bridgehead atoms. The Bertz CT molecular complexity index is 314. The minimum absolute atomic E-state index is 0.383. The lowest BCUT2D eigenvalue weighted by atomic mass is 9.88. The van der Waals surface area contributed by atoms with Gasteiger partial charge in [-0.2, -0.15) is 0 Å². The van der Waals surface area contributed by atoms with E-state index >= 15 is 0 Å². The molecule has 0 saturated carbocycles. The fourth-order valence-corrected chi connectivity index (χ4v) is 2.28. The Labute approximate surface area is 127 Å². The summed E-state index contributed by atoms with van der Waals surface area (Å²) in [5.41, 5.74) is 2.36. The molecule has 0 fully saturated rings. The van der Waals surface area contributed by atoms with Gasteiger partial charge in [-0.3, -0.25) is 0 Å². The highest BCUT2D eigenvalue weighted by molar-refractivity contribution is 5.81. The normalized spacial score (nSPS) is 16.6. The van der Waals surface area contributed by atoms with Gasteiger partial charge in [0.15, 0.2) is 0 Å². The maximum absolute atomic E-state index is 7.79. The maximum Gasteiger partial charge on any atom is 0.00895 e. The van der Waals surface area contributed by atoms with Crippen molar-refractivity contribution in [3.05, 3.63) is 24.3 Å². The standard InChI is InChI=1S/C19H35N/c1-7-9-10-16(4)11-12-19(13-15(3)8-2)14-17(5)18(6)20/h7,12,15-17,20H,1,8-11,13-14H2,2-6H3. The Morgan fingerprint density at radius 1 is 1.15 bits per heavy atom. The average Bonchev–Trinajstić information content (AvgIpc) is 2.41. The molecule has 0 aliphatic carbocycles. The van der Waals surface area contributed by atoms with Crippen LogP contribution in [0.25, 0.3) is 0 Å². The molecule has 0 aromatic heterocycles. The fraction of sp³-hybridized carbons (Fsp3) is 0.737. The third kappa shape index (κ3) is 9.12. The van der Waals surface area contributed by atoms with E-state index in [1.54, 1.807) is 5.57 Å². The molecule has 1 heteroatoms.